The van der Waals surface area contributed by atoms with Crippen molar-refractivity contribution >= 4 is 76.3 Å². The molecule has 0 atom stereocenters. The van der Waals surface area contributed by atoms with Crippen molar-refractivity contribution in [2.45, 2.75) is 0 Å². The lowest BCUT2D eigenvalue weighted by atomic mass is 9.96. The second-order valence-electron chi connectivity index (χ2n) is 14.9. The van der Waals surface area contributed by atoms with E-state index in [4.69, 9.17) is 4.42 Å². The van der Waals surface area contributed by atoms with Crippen molar-refractivity contribution in [2.24, 2.45) is 0 Å². The second-order valence-corrected chi connectivity index (χ2v) is 14.9. The lowest BCUT2D eigenvalue weighted by Crippen LogP contribution is -1.97. The predicted molar refractivity (Wildman–Crippen MR) is 230 cm³/mol. The SMILES string of the molecule is c1ccc2c(c1)-c1cccc3c1c-2cc1oc2ccc(-c4ccc5c(c4)c4ccccc4n5-c4ccc(-n5c6ccccc6c6ccccc65)cc4)cc2c13. The molecule has 0 bridgehead atoms. The summed E-state index contributed by atoms with van der Waals surface area (Å²) in [5.74, 6) is 0. The second kappa shape index (κ2) is 10.6. The summed E-state index contributed by atoms with van der Waals surface area (Å²) in [5, 5.41) is 9.93. The van der Waals surface area contributed by atoms with Gasteiger partial charge in [0, 0.05) is 43.7 Å². The molecule has 0 amide bonds. The maximum atomic E-state index is 6.58. The number of benzene rings is 9. The molecule has 0 unspecified atom stereocenters. The van der Waals surface area contributed by atoms with Crippen LogP contribution in [-0.4, -0.2) is 9.13 Å². The molecular formula is C52H30N2O. The molecule has 12 aromatic rings. The summed E-state index contributed by atoms with van der Waals surface area (Å²) in [6.45, 7) is 0. The minimum Gasteiger partial charge on any atom is -0.456 e. The Morgan fingerprint density at radius 3 is 1.44 bits per heavy atom. The van der Waals surface area contributed by atoms with Gasteiger partial charge in [-0.15, -0.1) is 0 Å². The van der Waals surface area contributed by atoms with E-state index in [9.17, 15) is 0 Å². The van der Waals surface area contributed by atoms with Crippen LogP contribution in [0.5, 0.6) is 0 Å². The summed E-state index contributed by atoms with van der Waals surface area (Å²) >= 11 is 0. The standard InChI is InChI=1S/C52H30N2O/c1-2-11-36-35(10-1)40-15-9-16-41-51(40)43(36)30-50-52(41)44-29-32(21-27-49(44)55-50)31-20-26-48-42(28-31)39-14-5-8-19-47(39)54(48)34-24-22-33(23-25-34)53-45-17-6-3-12-37(45)38-13-4-7-18-46(38)53/h1-30H. The van der Waals surface area contributed by atoms with E-state index in [1.807, 2.05) is 0 Å². The Bertz CT molecular complexity index is 3540. The summed E-state index contributed by atoms with van der Waals surface area (Å²) in [4.78, 5) is 0. The summed E-state index contributed by atoms with van der Waals surface area (Å²) in [7, 11) is 0. The Balaban J connectivity index is 0.957. The van der Waals surface area contributed by atoms with Crippen LogP contribution in [0, 0.1) is 0 Å². The third-order valence-corrected chi connectivity index (χ3v) is 12.1. The Morgan fingerprint density at radius 1 is 0.291 bits per heavy atom. The minimum atomic E-state index is 0.915. The maximum Gasteiger partial charge on any atom is 0.136 e. The molecule has 1 aliphatic carbocycles. The highest BCUT2D eigenvalue weighted by molar-refractivity contribution is 6.28. The highest BCUT2D eigenvalue weighted by atomic mass is 16.3. The first-order valence-electron chi connectivity index (χ1n) is 18.9. The number of rotatable bonds is 3. The maximum absolute atomic E-state index is 6.58. The lowest BCUT2D eigenvalue weighted by molar-refractivity contribution is 0.669. The van der Waals surface area contributed by atoms with Crippen molar-refractivity contribution in [1.82, 2.24) is 9.13 Å². The van der Waals surface area contributed by atoms with Gasteiger partial charge in [0.2, 0.25) is 0 Å². The molecule has 0 radical (unpaired) electrons. The van der Waals surface area contributed by atoms with Crippen molar-refractivity contribution in [1.29, 1.82) is 0 Å². The summed E-state index contributed by atoms with van der Waals surface area (Å²) in [5.41, 5.74) is 16.5. The molecule has 1 aliphatic rings. The van der Waals surface area contributed by atoms with E-state index in [1.165, 1.54) is 93.2 Å². The average Bonchev–Trinajstić information content (AvgIpc) is 3.98. The van der Waals surface area contributed by atoms with Crippen LogP contribution in [0.4, 0.5) is 0 Å². The Kier molecular flexibility index (Phi) is 5.63. The van der Waals surface area contributed by atoms with Gasteiger partial charge >= 0.3 is 0 Å². The van der Waals surface area contributed by atoms with Crippen LogP contribution in [0.15, 0.2) is 186 Å². The van der Waals surface area contributed by atoms with Crippen molar-refractivity contribution in [2.75, 3.05) is 0 Å². The normalized spacial score (nSPS) is 12.4. The number of hydrogen-bond acceptors (Lipinski definition) is 1. The number of nitrogens with zero attached hydrogens (tertiary/aromatic N) is 2. The highest BCUT2D eigenvalue weighted by Crippen LogP contribution is 2.51. The van der Waals surface area contributed by atoms with E-state index < -0.39 is 0 Å². The number of hydrogen-bond donors (Lipinski definition) is 0. The van der Waals surface area contributed by atoms with Gasteiger partial charge in [0.1, 0.15) is 11.2 Å². The fourth-order valence-corrected chi connectivity index (χ4v) is 9.70. The lowest BCUT2D eigenvalue weighted by Gasteiger charge is -2.12. The van der Waals surface area contributed by atoms with E-state index in [2.05, 4.69) is 191 Å². The number of fused-ring (bicyclic) bond motifs is 13. The molecular weight excluding hydrogens is 669 g/mol. The third-order valence-electron chi connectivity index (χ3n) is 12.1. The Hall–Kier alpha value is -7.36. The molecule has 0 aliphatic heterocycles. The van der Waals surface area contributed by atoms with Crippen LogP contribution in [0.1, 0.15) is 0 Å². The zero-order valence-electron chi connectivity index (χ0n) is 29.6. The predicted octanol–water partition coefficient (Wildman–Crippen LogP) is 14.2. The number of furan rings is 1. The Labute approximate surface area is 315 Å². The van der Waals surface area contributed by atoms with Crippen LogP contribution >= 0.6 is 0 Å². The molecule has 0 spiro atoms. The van der Waals surface area contributed by atoms with Crippen molar-refractivity contribution in [3.63, 3.8) is 0 Å². The number of para-hydroxylation sites is 3. The van der Waals surface area contributed by atoms with Gasteiger partial charge in [-0.3, -0.25) is 0 Å². The molecule has 9 aromatic carbocycles. The van der Waals surface area contributed by atoms with Gasteiger partial charge in [0.15, 0.2) is 0 Å². The molecule has 254 valence electrons. The van der Waals surface area contributed by atoms with Gasteiger partial charge in [0.05, 0.1) is 22.1 Å². The fraction of sp³-hybridized carbons (Fsp3) is 0. The highest BCUT2D eigenvalue weighted by Gasteiger charge is 2.24. The minimum absolute atomic E-state index is 0.915. The van der Waals surface area contributed by atoms with Crippen LogP contribution in [0.3, 0.4) is 0 Å². The van der Waals surface area contributed by atoms with E-state index >= 15 is 0 Å². The molecule has 0 saturated carbocycles. The van der Waals surface area contributed by atoms with Crippen LogP contribution in [0.2, 0.25) is 0 Å². The van der Waals surface area contributed by atoms with E-state index in [0.717, 1.165) is 27.9 Å². The zero-order chi connectivity index (χ0) is 35.8. The monoisotopic (exact) mass is 698 g/mol. The van der Waals surface area contributed by atoms with Gasteiger partial charge in [-0.2, -0.15) is 0 Å². The summed E-state index contributed by atoms with van der Waals surface area (Å²) in [6, 6.07) is 66.4. The van der Waals surface area contributed by atoms with E-state index in [0.29, 0.717) is 0 Å². The quantitative estimate of drug-likeness (QED) is 0.180. The third kappa shape index (κ3) is 3.89. The molecule has 3 heterocycles. The first-order chi connectivity index (χ1) is 27.3. The molecule has 0 fully saturated rings. The summed E-state index contributed by atoms with van der Waals surface area (Å²) < 4.78 is 11.4. The van der Waals surface area contributed by atoms with Crippen molar-refractivity contribution in [3.8, 4) is 44.8 Å². The average molecular weight is 699 g/mol. The van der Waals surface area contributed by atoms with Gasteiger partial charge in [-0.05, 0) is 117 Å². The van der Waals surface area contributed by atoms with Crippen molar-refractivity contribution in [3.05, 3.63) is 182 Å². The van der Waals surface area contributed by atoms with Gasteiger partial charge in [-0.1, -0.05) is 109 Å². The molecule has 3 nitrogen and oxygen atoms in total. The topological polar surface area (TPSA) is 23.0 Å². The molecule has 3 aromatic heterocycles. The first-order valence-corrected chi connectivity index (χ1v) is 18.9. The fourth-order valence-electron chi connectivity index (χ4n) is 9.70. The molecule has 55 heavy (non-hydrogen) atoms. The largest absolute Gasteiger partial charge is 0.456 e. The molecule has 0 saturated heterocycles. The van der Waals surface area contributed by atoms with Gasteiger partial charge in [0.25, 0.3) is 0 Å². The molecule has 3 heteroatoms. The molecule has 0 N–H and O–H groups in total. The molecule has 13 rings (SSSR count). The van der Waals surface area contributed by atoms with Gasteiger partial charge in [-0.25, -0.2) is 0 Å². The zero-order valence-corrected chi connectivity index (χ0v) is 29.6. The number of aromatic nitrogens is 2. The van der Waals surface area contributed by atoms with Crippen LogP contribution in [-0.2, 0) is 0 Å². The van der Waals surface area contributed by atoms with Gasteiger partial charge < -0.3 is 13.6 Å². The smallest absolute Gasteiger partial charge is 0.136 e. The summed E-state index contributed by atoms with van der Waals surface area (Å²) in [6.07, 6.45) is 0. The first kappa shape index (κ1) is 29.1. The van der Waals surface area contributed by atoms with Crippen LogP contribution < -0.4 is 0 Å². The van der Waals surface area contributed by atoms with E-state index in [1.54, 1.807) is 0 Å². The Morgan fingerprint density at radius 2 is 0.782 bits per heavy atom. The van der Waals surface area contributed by atoms with Crippen LogP contribution in [0.25, 0.3) is 121 Å². The van der Waals surface area contributed by atoms with Crippen molar-refractivity contribution < 1.29 is 4.42 Å². The van der Waals surface area contributed by atoms with E-state index in [-0.39, 0.29) is 0 Å².